The van der Waals surface area contributed by atoms with Crippen molar-refractivity contribution in [2.45, 2.75) is 162 Å². The molecule has 23 heteroatoms. The summed E-state index contributed by atoms with van der Waals surface area (Å²) < 4.78 is 0. The lowest BCUT2D eigenvalue weighted by Crippen LogP contribution is -2.63. The average Bonchev–Trinajstić information content (AvgIpc) is 3.77. The van der Waals surface area contributed by atoms with E-state index in [1.54, 1.807) is 55.5 Å². The highest BCUT2D eigenvalue weighted by Gasteiger charge is 2.40. The molecule has 0 aromatic carbocycles. The van der Waals surface area contributed by atoms with Crippen LogP contribution in [0.25, 0.3) is 0 Å². The molecule has 14 N–H and O–H groups in total. The lowest BCUT2D eigenvalue weighted by Gasteiger charge is -2.32. The van der Waals surface area contributed by atoms with E-state index >= 15 is 0 Å². The van der Waals surface area contributed by atoms with E-state index in [1.807, 2.05) is 6.92 Å². The fourth-order valence-electron chi connectivity index (χ4n) is 7.37. The zero-order valence-electron chi connectivity index (χ0n) is 41.2. The van der Waals surface area contributed by atoms with Crippen LogP contribution in [0.3, 0.4) is 0 Å². The number of nitrogens with two attached hydrogens (primary N) is 1. The fourth-order valence-corrected chi connectivity index (χ4v) is 7.37. The van der Waals surface area contributed by atoms with Gasteiger partial charge in [0.15, 0.2) is 5.96 Å². The van der Waals surface area contributed by atoms with Crippen LogP contribution in [0.4, 0.5) is 0 Å². The first-order valence-corrected chi connectivity index (χ1v) is 23.6. The number of carbonyl (C=O) groups is 9. The molecule has 382 valence electrons. The minimum Gasteiger partial charge on any atom is -0.391 e. The summed E-state index contributed by atoms with van der Waals surface area (Å²) in [7, 11) is 1.57. The summed E-state index contributed by atoms with van der Waals surface area (Å²) >= 11 is 0. The van der Waals surface area contributed by atoms with Gasteiger partial charge in [-0.1, -0.05) is 67.7 Å². The molecule has 10 atom stereocenters. The summed E-state index contributed by atoms with van der Waals surface area (Å²) in [6.45, 7) is 15.8. The number of carbonyl (C=O) groups excluding carboxylic acids is 9. The van der Waals surface area contributed by atoms with E-state index in [9.17, 15) is 48.3 Å². The maximum absolute atomic E-state index is 14.1. The summed E-state index contributed by atoms with van der Waals surface area (Å²) in [5.74, 6) is -7.29. The summed E-state index contributed by atoms with van der Waals surface area (Å²) in [4.78, 5) is 122. The highest BCUT2D eigenvalue weighted by molar-refractivity contribution is 5.98. The van der Waals surface area contributed by atoms with E-state index in [0.717, 1.165) is 0 Å². The van der Waals surface area contributed by atoms with Crippen molar-refractivity contribution in [3.63, 3.8) is 0 Å². The molecule has 1 heterocycles. The number of amides is 9. The van der Waals surface area contributed by atoms with Gasteiger partial charge in [-0.25, -0.2) is 0 Å². The quantitative estimate of drug-likeness (QED) is 0.0202. The Morgan fingerprint density at radius 1 is 0.657 bits per heavy atom. The molecule has 0 spiro atoms. The molecule has 23 nitrogen and oxygen atoms in total. The summed E-state index contributed by atoms with van der Waals surface area (Å²) in [5.41, 5.74) is 5.44. The minimum atomic E-state index is -1.60. The van der Waals surface area contributed by atoms with Crippen molar-refractivity contribution in [2.24, 2.45) is 23.5 Å². The van der Waals surface area contributed by atoms with E-state index in [2.05, 4.69) is 53.2 Å². The Kier molecular flexibility index (Phi) is 27.2. The summed E-state index contributed by atoms with van der Waals surface area (Å²) in [6, 6.07) is -8.16. The fraction of sp³-hybridized carbons (Fsp3) is 0.773. The van der Waals surface area contributed by atoms with Crippen molar-refractivity contribution in [1.82, 2.24) is 58.1 Å². The topological polar surface area (TPSA) is 347 Å². The predicted octanol–water partition coefficient (Wildman–Crippen LogP) is -2.45. The zero-order valence-corrected chi connectivity index (χ0v) is 41.2. The number of likely N-dealkylation sites (tertiary alicyclic amines) is 1. The van der Waals surface area contributed by atoms with Gasteiger partial charge in [0.05, 0.1) is 19.2 Å². The first-order chi connectivity index (χ1) is 31.6. The van der Waals surface area contributed by atoms with Gasteiger partial charge in [-0.2, -0.15) is 0 Å². The lowest BCUT2D eigenvalue weighted by molar-refractivity contribution is -0.142. The Bertz CT molecular complexity index is 1680. The molecule has 1 rings (SSSR count). The molecular weight excluding hydrogens is 871 g/mol. The number of hydrogen-bond acceptors (Lipinski definition) is 12. The van der Waals surface area contributed by atoms with Crippen LogP contribution < -0.4 is 58.9 Å². The van der Waals surface area contributed by atoms with Crippen molar-refractivity contribution in [2.75, 3.05) is 39.8 Å². The van der Waals surface area contributed by atoms with Gasteiger partial charge in [0.1, 0.15) is 42.3 Å². The van der Waals surface area contributed by atoms with Crippen molar-refractivity contribution < 1.29 is 48.3 Å². The number of nitrogens with zero attached hydrogens (tertiary/aromatic N) is 1. The third-order valence-corrected chi connectivity index (χ3v) is 11.7. The summed E-state index contributed by atoms with van der Waals surface area (Å²) in [6.07, 6.45) is 1.34. The number of aliphatic hydroxyl groups is 1. The molecule has 1 fully saturated rings. The molecule has 0 radical (unpaired) electrons. The van der Waals surface area contributed by atoms with Crippen LogP contribution in [0.1, 0.15) is 114 Å². The molecule has 1 aliphatic heterocycles. The number of aliphatic hydroxyl groups excluding tert-OH is 1. The van der Waals surface area contributed by atoms with Crippen LogP contribution in [0, 0.1) is 23.2 Å². The van der Waals surface area contributed by atoms with Gasteiger partial charge in [-0.05, 0) is 70.8 Å². The van der Waals surface area contributed by atoms with Crippen molar-refractivity contribution in [3.05, 3.63) is 0 Å². The number of guanidine groups is 1. The van der Waals surface area contributed by atoms with Crippen molar-refractivity contribution in [3.8, 4) is 0 Å². The van der Waals surface area contributed by atoms with Crippen LogP contribution in [0.5, 0.6) is 0 Å². The Labute approximate surface area is 395 Å². The molecule has 1 saturated heterocycles. The van der Waals surface area contributed by atoms with Crippen LogP contribution in [0.2, 0.25) is 0 Å². The maximum atomic E-state index is 14.1. The van der Waals surface area contributed by atoms with Gasteiger partial charge in [0.25, 0.3) is 0 Å². The Morgan fingerprint density at radius 3 is 1.72 bits per heavy atom. The molecule has 0 aliphatic carbocycles. The van der Waals surface area contributed by atoms with Crippen molar-refractivity contribution in [1.29, 1.82) is 5.41 Å². The Balaban J connectivity index is 3.32. The second kappa shape index (κ2) is 30.7. The van der Waals surface area contributed by atoms with E-state index in [-0.39, 0.29) is 44.3 Å². The molecule has 9 amide bonds. The number of hydrogen-bond donors (Lipinski definition) is 13. The van der Waals surface area contributed by atoms with E-state index < -0.39 is 113 Å². The predicted molar refractivity (Wildman–Crippen MR) is 251 cm³/mol. The second-order valence-electron chi connectivity index (χ2n) is 17.5. The molecule has 67 heavy (non-hydrogen) atoms. The standard InChI is InChI=1S/C44H81N13O10/c1-11-17-28(37(61)54-34(25(7)12-2)40(64)52-29(18-15-20-49-44(45)46)43(67)57-21-16-19-30(57)38(62)48-14-4)51-42(66)36(27(9)58)56-41(65)35(26(8)13-3)55-39(63)33(24(5)6)53-32(60)23-50-31(59)22-47-10/h24-30,33-36,47,58H,11-23H2,1-10H3,(H,48,62)(H,50,59)(H,51,66)(H,52,64)(H,53,60)(H,54,61)(H,55,63)(H,56,65)(H4,45,46,49)/t25-,26+,27+,28-,29-,30-,33-,34-,35+,36-/m0/s1. The maximum Gasteiger partial charge on any atom is 0.245 e. The van der Waals surface area contributed by atoms with Gasteiger partial charge in [-0.15, -0.1) is 0 Å². The number of rotatable bonds is 30. The lowest BCUT2D eigenvalue weighted by atomic mass is 9.95. The van der Waals surface area contributed by atoms with Crippen LogP contribution >= 0.6 is 0 Å². The van der Waals surface area contributed by atoms with Gasteiger partial charge < -0.3 is 68.9 Å². The van der Waals surface area contributed by atoms with Gasteiger partial charge in [0.2, 0.25) is 53.2 Å². The van der Waals surface area contributed by atoms with Gasteiger partial charge in [0, 0.05) is 19.6 Å². The smallest absolute Gasteiger partial charge is 0.245 e. The summed E-state index contributed by atoms with van der Waals surface area (Å²) in [5, 5.41) is 44.8. The monoisotopic (exact) mass is 952 g/mol. The first kappa shape index (κ1) is 59.4. The molecule has 0 unspecified atom stereocenters. The molecule has 0 aromatic rings. The Morgan fingerprint density at radius 2 is 1.19 bits per heavy atom. The first-order valence-electron chi connectivity index (χ1n) is 23.6. The molecular formula is C44H81N13O10. The van der Waals surface area contributed by atoms with Gasteiger partial charge >= 0.3 is 0 Å². The average molecular weight is 952 g/mol. The van der Waals surface area contributed by atoms with E-state index in [0.29, 0.717) is 51.6 Å². The molecule has 0 bridgehead atoms. The number of likely N-dealkylation sites (N-methyl/N-ethyl adjacent to an activating group) is 2. The van der Waals surface area contributed by atoms with Gasteiger partial charge in [-0.3, -0.25) is 48.6 Å². The normalized spacial score (nSPS) is 17.4. The zero-order chi connectivity index (χ0) is 51.0. The van der Waals surface area contributed by atoms with E-state index in [4.69, 9.17) is 11.1 Å². The SMILES string of the molecule is CCC[C@H](NC(=O)[C@@H](NC(=O)[C@H](NC(=O)[C@@H](NC(=O)CNC(=O)CNC)C(C)C)[C@H](C)CC)[C@@H](C)O)C(=O)N[C@H](C(=O)N[C@@H](CCCNC(=N)N)C(=O)N1CCC[C@H]1C(=O)NCC)[C@@H](C)CC. The molecule has 0 aromatic heterocycles. The number of nitrogens with one attached hydrogen (secondary N) is 11. The van der Waals surface area contributed by atoms with E-state index in [1.165, 1.54) is 11.8 Å². The molecule has 1 aliphatic rings. The Hall–Kier alpha value is -5.58. The largest absolute Gasteiger partial charge is 0.391 e. The minimum absolute atomic E-state index is 0.0129. The molecule has 0 saturated carbocycles. The van der Waals surface area contributed by atoms with Crippen LogP contribution in [-0.2, 0) is 43.2 Å². The second-order valence-corrected chi connectivity index (χ2v) is 17.5. The third kappa shape index (κ3) is 20.0. The highest BCUT2D eigenvalue weighted by atomic mass is 16.3. The highest BCUT2D eigenvalue weighted by Crippen LogP contribution is 2.20. The van der Waals surface area contributed by atoms with Crippen LogP contribution in [0.15, 0.2) is 0 Å². The van der Waals surface area contributed by atoms with Crippen molar-refractivity contribution >= 4 is 59.1 Å². The third-order valence-electron chi connectivity index (χ3n) is 11.7. The van der Waals surface area contributed by atoms with Crippen LogP contribution in [-0.4, -0.2) is 157 Å².